The predicted octanol–water partition coefficient (Wildman–Crippen LogP) is -0.157. The molecule has 0 bridgehead atoms. The molecular formula is C11H14N4O3. The Labute approximate surface area is 104 Å². The summed E-state index contributed by atoms with van der Waals surface area (Å²) in [4.78, 5) is 33.3. The summed E-state index contributed by atoms with van der Waals surface area (Å²) in [5.41, 5.74) is 0. The molecule has 7 heteroatoms. The number of carbonyl (C=O) groups is 2. The molecule has 0 aliphatic carbocycles. The second-order valence-electron chi connectivity index (χ2n) is 4.04. The zero-order valence-electron chi connectivity index (χ0n) is 10.0. The summed E-state index contributed by atoms with van der Waals surface area (Å²) < 4.78 is 0. The van der Waals surface area contributed by atoms with Gasteiger partial charge < -0.3 is 14.9 Å². The van der Waals surface area contributed by atoms with E-state index < -0.39 is 5.97 Å². The van der Waals surface area contributed by atoms with Gasteiger partial charge in [0, 0.05) is 39.3 Å². The lowest BCUT2D eigenvalue weighted by Crippen LogP contribution is -2.48. The minimum atomic E-state index is -1.14. The maximum absolute atomic E-state index is 11.2. The molecule has 1 fully saturated rings. The van der Waals surface area contributed by atoms with Gasteiger partial charge in [-0.25, -0.2) is 14.8 Å². The molecule has 1 amide bonds. The second kappa shape index (κ2) is 4.99. The maximum atomic E-state index is 11.2. The molecule has 1 aromatic rings. The van der Waals surface area contributed by atoms with Crippen LogP contribution < -0.4 is 4.90 Å². The summed E-state index contributed by atoms with van der Waals surface area (Å²) in [5, 5.41) is 8.83. The van der Waals surface area contributed by atoms with Crippen molar-refractivity contribution < 1.29 is 14.7 Å². The van der Waals surface area contributed by atoms with Crippen LogP contribution in [0.2, 0.25) is 0 Å². The number of rotatable bonds is 2. The lowest BCUT2D eigenvalue weighted by atomic mass is 10.3. The summed E-state index contributed by atoms with van der Waals surface area (Å²) >= 11 is 0. The summed E-state index contributed by atoms with van der Waals surface area (Å²) in [7, 11) is 0. The van der Waals surface area contributed by atoms with Gasteiger partial charge in [0.15, 0.2) is 0 Å². The topological polar surface area (TPSA) is 86.6 Å². The van der Waals surface area contributed by atoms with E-state index in [0.29, 0.717) is 32.0 Å². The molecule has 0 unspecified atom stereocenters. The molecule has 2 heterocycles. The summed E-state index contributed by atoms with van der Waals surface area (Å²) in [5.74, 6) is -0.699. The minimum Gasteiger partial charge on any atom is -0.475 e. The molecule has 1 aromatic heterocycles. The van der Waals surface area contributed by atoms with E-state index in [1.807, 2.05) is 4.90 Å². The van der Waals surface area contributed by atoms with Crippen molar-refractivity contribution in [2.45, 2.75) is 6.92 Å². The molecular weight excluding hydrogens is 236 g/mol. The van der Waals surface area contributed by atoms with Crippen LogP contribution in [0.5, 0.6) is 0 Å². The fraction of sp³-hybridized carbons (Fsp3) is 0.455. The SMILES string of the molecule is CC(=O)N1CCN(c2ccnc(C(=O)O)n2)CC1. The van der Waals surface area contributed by atoms with Crippen LogP contribution in [-0.2, 0) is 4.79 Å². The first-order valence-corrected chi connectivity index (χ1v) is 5.65. The number of aromatic nitrogens is 2. The fourth-order valence-electron chi connectivity index (χ4n) is 1.88. The molecule has 0 radical (unpaired) electrons. The zero-order valence-corrected chi connectivity index (χ0v) is 10.0. The van der Waals surface area contributed by atoms with E-state index >= 15 is 0 Å². The molecule has 0 saturated carbocycles. The van der Waals surface area contributed by atoms with E-state index in [4.69, 9.17) is 5.11 Å². The monoisotopic (exact) mass is 250 g/mol. The molecule has 0 atom stereocenters. The average Bonchev–Trinajstić information content (AvgIpc) is 2.39. The van der Waals surface area contributed by atoms with Crippen molar-refractivity contribution in [2.75, 3.05) is 31.1 Å². The number of amides is 1. The van der Waals surface area contributed by atoms with Crippen molar-refractivity contribution in [2.24, 2.45) is 0 Å². The number of aromatic carboxylic acids is 1. The summed E-state index contributed by atoms with van der Waals surface area (Å²) in [6.45, 7) is 4.09. The number of hydrogen-bond donors (Lipinski definition) is 1. The normalized spacial score (nSPS) is 15.6. The Kier molecular flexibility index (Phi) is 3.40. The van der Waals surface area contributed by atoms with Crippen LogP contribution in [0.25, 0.3) is 0 Å². The highest BCUT2D eigenvalue weighted by Gasteiger charge is 2.20. The molecule has 96 valence electrons. The Morgan fingerprint density at radius 3 is 2.50 bits per heavy atom. The largest absolute Gasteiger partial charge is 0.475 e. The second-order valence-corrected chi connectivity index (χ2v) is 4.04. The number of anilines is 1. The Hall–Kier alpha value is -2.18. The van der Waals surface area contributed by atoms with Gasteiger partial charge in [-0.15, -0.1) is 0 Å². The predicted molar refractivity (Wildman–Crippen MR) is 63.5 cm³/mol. The number of carboxylic acid groups (broad SMARTS) is 1. The molecule has 2 rings (SSSR count). The highest BCUT2D eigenvalue weighted by Crippen LogP contribution is 2.13. The molecule has 0 aromatic carbocycles. The van der Waals surface area contributed by atoms with Gasteiger partial charge in [0.2, 0.25) is 11.7 Å². The summed E-state index contributed by atoms with van der Waals surface area (Å²) in [6.07, 6.45) is 1.43. The van der Waals surface area contributed by atoms with Crippen molar-refractivity contribution >= 4 is 17.7 Å². The molecule has 1 saturated heterocycles. The molecule has 0 spiro atoms. The Bertz CT molecular complexity index is 469. The number of carbonyl (C=O) groups excluding carboxylic acids is 1. The van der Waals surface area contributed by atoms with Gasteiger partial charge in [-0.05, 0) is 6.07 Å². The lowest BCUT2D eigenvalue weighted by molar-refractivity contribution is -0.129. The van der Waals surface area contributed by atoms with E-state index in [9.17, 15) is 9.59 Å². The van der Waals surface area contributed by atoms with Gasteiger partial charge in [0.05, 0.1) is 0 Å². The zero-order chi connectivity index (χ0) is 13.1. The van der Waals surface area contributed by atoms with Gasteiger partial charge in [-0.1, -0.05) is 0 Å². The average molecular weight is 250 g/mol. The third-order valence-corrected chi connectivity index (χ3v) is 2.88. The van der Waals surface area contributed by atoms with Crippen LogP contribution in [0.1, 0.15) is 17.5 Å². The number of nitrogens with zero attached hydrogens (tertiary/aromatic N) is 4. The van der Waals surface area contributed by atoms with E-state index in [1.54, 1.807) is 17.9 Å². The van der Waals surface area contributed by atoms with Crippen LogP contribution in [0.15, 0.2) is 12.3 Å². The quantitative estimate of drug-likeness (QED) is 0.785. The van der Waals surface area contributed by atoms with Gasteiger partial charge in [-0.3, -0.25) is 4.79 Å². The van der Waals surface area contributed by atoms with Crippen molar-refractivity contribution in [3.63, 3.8) is 0 Å². The minimum absolute atomic E-state index is 0.0589. The molecule has 1 N–H and O–H groups in total. The smallest absolute Gasteiger partial charge is 0.374 e. The standard InChI is InChI=1S/C11H14N4O3/c1-8(16)14-4-6-15(7-5-14)9-2-3-12-10(13-9)11(17)18/h2-3H,4-7H2,1H3,(H,17,18). The Balaban J connectivity index is 2.07. The highest BCUT2D eigenvalue weighted by molar-refractivity contribution is 5.83. The van der Waals surface area contributed by atoms with Crippen molar-refractivity contribution in [1.29, 1.82) is 0 Å². The molecule has 7 nitrogen and oxygen atoms in total. The molecule has 1 aliphatic heterocycles. The van der Waals surface area contributed by atoms with Crippen molar-refractivity contribution in [3.8, 4) is 0 Å². The van der Waals surface area contributed by atoms with Crippen LogP contribution in [-0.4, -0.2) is 58.0 Å². The first-order chi connectivity index (χ1) is 8.58. The van der Waals surface area contributed by atoms with Gasteiger partial charge >= 0.3 is 5.97 Å². The van der Waals surface area contributed by atoms with Gasteiger partial charge in [0.25, 0.3) is 0 Å². The lowest BCUT2D eigenvalue weighted by Gasteiger charge is -2.34. The Morgan fingerprint density at radius 2 is 1.94 bits per heavy atom. The van der Waals surface area contributed by atoms with Crippen LogP contribution >= 0.6 is 0 Å². The number of hydrogen-bond acceptors (Lipinski definition) is 5. The van der Waals surface area contributed by atoms with E-state index in [-0.39, 0.29) is 11.7 Å². The summed E-state index contributed by atoms with van der Waals surface area (Å²) in [6, 6.07) is 1.68. The first-order valence-electron chi connectivity index (χ1n) is 5.65. The van der Waals surface area contributed by atoms with Crippen LogP contribution in [0.3, 0.4) is 0 Å². The highest BCUT2D eigenvalue weighted by atomic mass is 16.4. The van der Waals surface area contributed by atoms with Crippen molar-refractivity contribution in [3.05, 3.63) is 18.1 Å². The van der Waals surface area contributed by atoms with Gasteiger partial charge in [-0.2, -0.15) is 0 Å². The van der Waals surface area contributed by atoms with Gasteiger partial charge in [0.1, 0.15) is 5.82 Å². The van der Waals surface area contributed by atoms with Crippen molar-refractivity contribution in [1.82, 2.24) is 14.9 Å². The fourth-order valence-corrected chi connectivity index (χ4v) is 1.88. The van der Waals surface area contributed by atoms with Crippen LogP contribution in [0.4, 0.5) is 5.82 Å². The number of piperazine rings is 1. The first kappa shape index (κ1) is 12.3. The molecule has 1 aliphatic rings. The number of carboxylic acids is 1. The third-order valence-electron chi connectivity index (χ3n) is 2.88. The van der Waals surface area contributed by atoms with Crippen LogP contribution in [0, 0.1) is 0 Å². The Morgan fingerprint density at radius 1 is 1.28 bits per heavy atom. The van der Waals surface area contributed by atoms with E-state index in [0.717, 1.165) is 0 Å². The third kappa shape index (κ3) is 2.55. The maximum Gasteiger partial charge on any atom is 0.374 e. The van der Waals surface area contributed by atoms with E-state index in [2.05, 4.69) is 9.97 Å². The van der Waals surface area contributed by atoms with E-state index in [1.165, 1.54) is 6.20 Å². The molecule has 18 heavy (non-hydrogen) atoms.